The summed E-state index contributed by atoms with van der Waals surface area (Å²) in [7, 11) is 0. The summed E-state index contributed by atoms with van der Waals surface area (Å²) in [6.07, 6.45) is 4.57. The van der Waals surface area contributed by atoms with Gasteiger partial charge in [0.25, 0.3) is 0 Å². The Kier molecular flexibility index (Phi) is 4.84. The van der Waals surface area contributed by atoms with Crippen LogP contribution in [0.4, 0.5) is 0 Å². The second kappa shape index (κ2) is 7.28. The first-order chi connectivity index (χ1) is 13.0. The molecule has 2 aromatic carbocycles. The number of hydrogen-bond donors (Lipinski definition) is 0. The zero-order valence-electron chi connectivity index (χ0n) is 15.9. The van der Waals surface area contributed by atoms with Crippen LogP contribution in [0.25, 0.3) is 21.8 Å². The van der Waals surface area contributed by atoms with Crippen molar-refractivity contribution in [1.29, 1.82) is 0 Å². The van der Waals surface area contributed by atoms with Crippen LogP contribution in [0.2, 0.25) is 5.02 Å². The first-order valence-corrected chi connectivity index (χ1v) is 9.82. The van der Waals surface area contributed by atoms with E-state index >= 15 is 0 Å². The fourth-order valence-corrected chi connectivity index (χ4v) is 4.08. The molecule has 1 unspecified atom stereocenters. The molecule has 0 aliphatic carbocycles. The quantitative estimate of drug-likeness (QED) is 0.388. The van der Waals surface area contributed by atoms with Crippen molar-refractivity contribution < 1.29 is 0 Å². The second-order valence-electron chi connectivity index (χ2n) is 7.58. The molecule has 3 heteroatoms. The number of benzene rings is 2. The van der Waals surface area contributed by atoms with Gasteiger partial charge in [0.2, 0.25) is 0 Å². The summed E-state index contributed by atoms with van der Waals surface area (Å²) < 4.78 is 0. The van der Waals surface area contributed by atoms with Crippen LogP contribution in [0.15, 0.2) is 60.9 Å². The Morgan fingerprint density at radius 1 is 0.926 bits per heavy atom. The highest BCUT2D eigenvalue weighted by molar-refractivity contribution is 6.31. The summed E-state index contributed by atoms with van der Waals surface area (Å²) in [4.78, 5) is 9.07. The largest absolute Gasteiger partial charge is 0.256 e. The fourth-order valence-electron chi connectivity index (χ4n) is 3.91. The van der Waals surface area contributed by atoms with Gasteiger partial charge in [-0.2, -0.15) is 0 Å². The molecule has 2 heterocycles. The summed E-state index contributed by atoms with van der Waals surface area (Å²) in [5, 5.41) is 2.98. The van der Waals surface area contributed by atoms with E-state index in [1.165, 1.54) is 22.1 Å². The summed E-state index contributed by atoms with van der Waals surface area (Å²) >= 11 is 6.12. The maximum Gasteiger partial charge on any atom is 0.0739 e. The minimum absolute atomic E-state index is 0.395. The molecule has 2 nitrogen and oxygen atoms in total. The topological polar surface area (TPSA) is 25.8 Å². The lowest BCUT2D eigenvalue weighted by Crippen LogP contribution is -2.04. The van der Waals surface area contributed by atoms with Crippen LogP contribution in [0.5, 0.6) is 0 Å². The summed E-state index contributed by atoms with van der Waals surface area (Å²) in [6.45, 7) is 6.79. The molecule has 0 aliphatic rings. The maximum atomic E-state index is 6.12. The number of fused-ring (bicyclic) bond motifs is 2. The van der Waals surface area contributed by atoms with Crippen molar-refractivity contribution in [2.24, 2.45) is 0 Å². The summed E-state index contributed by atoms with van der Waals surface area (Å²) in [5.41, 5.74) is 6.17. The van der Waals surface area contributed by atoms with Gasteiger partial charge >= 0.3 is 0 Å². The van der Waals surface area contributed by atoms with E-state index in [1.54, 1.807) is 6.20 Å². The van der Waals surface area contributed by atoms with Gasteiger partial charge in [-0.3, -0.25) is 9.97 Å². The Hall–Kier alpha value is -2.45. The predicted molar refractivity (Wildman–Crippen MR) is 115 cm³/mol. The Labute approximate surface area is 165 Å². The van der Waals surface area contributed by atoms with Crippen LogP contribution in [0.3, 0.4) is 0 Å². The van der Waals surface area contributed by atoms with Crippen LogP contribution < -0.4 is 0 Å². The number of nitrogens with zero attached hydrogens (tertiary/aromatic N) is 2. The van der Waals surface area contributed by atoms with Crippen molar-refractivity contribution in [2.45, 2.75) is 39.0 Å². The van der Waals surface area contributed by atoms with Crippen molar-refractivity contribution in [3.63, 3.8) is 0 Å². The lowest BCUT2D eigenvalue weighted by atomic mass is 9.86. The Morgan fingerprint density at radius 2 is 1.78 bits per heavy atom. The molecule has 0 N–H and O–H groups in total. The lowest BCUT2D eigenvalue weighted by molar-refractivity contribution is 0.740. The fraction of sp³-hybridized carbons (Fsp3) is 0.250. The highest BCUT2D eigenvalue weighted by atomic mass is 35.5. The Morgan fingerprint density at radius 3 is 2.59 bits per heavy atom. The monoisotopic (exact) mass is 374 g/mol. The minimum atomic E-state index is 0.395. The van der Waals surface area contributed by atoms with E-state index < -0.39 is 0 Å². The molecule has 0 saturated carbocycles. The van der Waals surface area contributed by atoms with Crippen LogP contribution in [-0.4, -0.2) is 9.97 Å². The average Bonchev–Trinajstić information content (AvgIpc) is 2.66. The van der Waals surface area contributed by atoms with E-state index in [1.807, 2.05) is 18.3 Å². The van der Waals surface area contributed by atoms with Gasteiger partial charge in [0.05, 0.1) is 16.1 Å². The molecule has 0 saturated heterocycles. The molecule has 27 heavy (non-hydrogen) atoms. The highest BCUT2D eigenvalue weighted by Gasteiger charge is 2.16. The van der Waals surface area contributed by atoms with Crippen molar-refractivity contribution in [1.82, 2.24) is 9.97 Å². The number of aromatic nitrogens is 2. The number of pyridine rings is 2. The zero-order chi connectivity index (χ0) is 19.0. The summed E-state index contributed by atoms with van der Waals surface area (Å²) in [6, 6.07) is 17.1. The van der Waals surface area contributed by atoms with Gasteiger partial charge in [-0.15, -0.1) is 0 Å². The van der Waals surface area contributed by atoms with Crippen LogP contribution >= 0.6 is 11.6 Å². The van der Waals surface area contributed by atoms with Crippen molar-refractivity contribution >= 4 is 33.4 Å². The van der Waals surface area contributed by atoms with Gasteiger partial charge in [0.15, 0.2) is 0 Å². The third kappa shape index (κ3) is 3.54. The molecule has 0 aliphatic heterocycles. The molecular weight excluding hydrogens is 352 g/mol. The van der Waals surface area contributed by atoms with E-state index in [-0.39, 0.29) is 0 Å². The molecule has 4 aromatic rings. The molecule has 136 valence electrons. The predicted octanol–water partition coefficient (Wildman–Crippen LogP) is 6.91. The van der Waals surface area contributed by atoms with Gasteiger partial charge in [-0.05, 0) is 59.2 Å². The van der Waals surface area contributed by atoms with Gasteiger partial charge < -0.3 is 0 Å². The first kappa shape index (κ1) is 17.9. The van der Waals surface area contributed by atoms with E-state index in [0.717, 1.165) is 22.8 Å². The maximum absolute atomic E-state index is 6.12. The Bertz CT molecular complexity index is 1120. The van der Waals surface area contributed by atoms with Gasteiger partial charge in [-0.25, -0.2) is 0 Å². The third-order valence-corrected chi connectivity index (χ3v) is 5.46. The Balaban J connectivity index is 1.72. The van der Waals surface area contributed by atoms with Gasteiger partial charge in [0.1, 0.15) is 0 Å². The molecule has 0 bridgehead atoms. The molecule has 2 aromatic heterocycles. The van der Waals surface area contributed by atoms with Crippen molar-refractivity contribution in [2.75, 3.05) is 0 Å². The van der Waals surface area contributed by atoms with E-state index in [2.05, 4.69) is 67.1 Å². The standard InChI is InChI=1S/C24H23ClN2/c1-15(2)23-19(7-6-17-5-4-10-26-24(17)23)11-16(3)18-8-9-22-20(12-18)13-21(25)14-27-22/h4-10,12-16H,11H2,1-3H3. The van der Waals surface area contributed by atoms with E-state index in [9.17, 15) is 0 Å². The minimum Gasteiger partial charge on any atom is -0.256 e. The van der Waals surface area contributed by atoms with Crippen LogP contribution in [0, 0.1) is 0 Å². The normalized spacial score (nSPS) is 12.8. The molecule has 0 fully saturated rings. The SMILES string of the molecule is CC(C)c1c(CC(C)c2ccc3ncc(Cl)cc3c2)ccc2cccnc12. The van der Waals surface area contributed by atoms with E-state index in [4.69, 9.17) is 11.6 Å². The van der Waals surface area contributed by atoms with Crippen LogP contribution in [-0.2, 0) is 6.42 Å². The molecule has 0 amide bonds. The highest BCUT2D eigenvalue weighted by Crippen LogP contribution is 2.32. The number of hydrogen-bond acceptors (Lipinski definition) is 2. The van der Waals surface area contributed by atoms with Crippen LogP contribution in [0.1, 0.15) is 49.3 Å². The number of rotatable bonds is 4. The average molecular weight is 375 g/mol. The smallest absolute Gasteiger partial charge is 0.0739 e. The molecule has 1 atom stereocenters. The molecular formula is C24H23ClN2. The lowest BCUT2D eigenvalue weighted by Gasteiger charge is -2.19. The van der Waals surface area contributed by atoms with Gasteiger partial charge in [0, 0.05) is 23.2 Å². The summed E-state index contributed by atoms with van der Waals surface area (Å²) in [5.74, 6) is 0.831. The number of halogens is 1. The second-order valence-corrected chi connectivity index (χ2v) is 8.02. The van der Waals surface area contributed by atoms with Crippen molar-refractivity contribution in [3.8, 4) is 0 Å². The van der Waals surface area contributed by atoms with Crippen molar-refractivity contribution in [3.05, 3.63) is 82.6 Å². The molecule has 0 spiro atoms. The molecule has 0 radical (unpaired) electrons. The molecule has 4 rings (SSSR count). The van der Waals surface area contributed by atoms with Gasteiger partial charge in [-0.1, -0.05) is 56.6 Å². The zero-order valence-corrected chi connectivity index (χ0v) is 16.7. The van der Waals surface area contributed by atoms with E-state index in [0.29, 0.717) is 16.9 Å². The first-order valence-electron chi connectivity index (χ1n) is 9.44. The third-order valence-electron chi connectivity index (χ3n) is 5.25.